The second-order valence-electron chi connectivity index (χ2n) is 4.95. The largest absolute Gasteiger partial charge is 0.384 e. The molecule has 0 radical (unpaired) electrons. The van der Waals surface area contributed by atoms with E-state index in [0.717, 1.165) is 24.2 Å². The molecule has 4 nitrogen and oxygen atoms in total. The van der Waals surface area contributed by atoms with Gasteiger partial charge in [-0.1, -0.05) is 23.4 Å². The Labute approximate surface area is 120 Å². The number of hydrogen-bond acceptors (Lipinski definition) is 4. The van der Waals surface area contributed by atoms with Gasteiger partial charge in [-0.25, -0.2) is 4.39 Å². The number of halogens is 1. The molecular formula is C16H12FN3O. The number of fused-ring (bicyclic) bond motifs is 1. The quantitative estimate of drug-likeness (QED) is 0.781. The average Bonchev–Trinajstić information content (AvgIpc) is 3.16. The van der Waals surface area contributed by atoms with Crippen LogP contribution in [0.4, 0.5) is 10.1 Å². The third-order valence-electron chi connectivity index (χ3n) is 3.61. The van der Waals surface area contributed by atoms with E-state index in [9.17, 15) is 4.39 Å². The third kappa shape index (κ3) is 2.07. The van der Waals surface area contributed by atoms with Gasteiger partial charge in [-0.05, 0) is 36.2 Å². The Balaban J connectivity index is 1.73. The van der Waals surface area contributed by atoms with Gasteiger partial charge in [-0.2, -0.15) is 4.98 Å². The van der Waals surface area contributed by atoms with Crippen molar-refractivity contribution in [3.05, 3.63) is 53.8 Å². The minimum Gasteiger partial charge on any atom is -0.384 e. The van der Waals surface area contributed by atoms with Gasteiger partial charge < -0.3 is 9.84 Å². The van der Waals surface area contributed by atoms with Gasteiger partial charge in [-0.3, -0.25) is 0 Å². The Hall–Kier alpha value is -2.69. The van der Waals surface area contributed by atoms with Crippen LogP contribution in [0.15, 0.2) is 47.0 Å². The van der Waals surface area contributed by atoms with Crippen molar-refractivity contribution in [2.75, 3.05) is 11.9 Å². The Kier molecular flexibility index (Phi) is 2.70. The van der Waals surface area contributed by atoms with Gasteiger partial charge in [0.25, 0.3) is 5.89 Å². The van der Waals surface area contributed by atoms with E-state index in [2.05, 4.69) is 21.5 Å². The average molecular weight is 281 g/mol. The molecule has 0 fully saturated rings. The molecule has 21 heavy (non-hydrogen) atoms. The highest BCUT2D eigenvalue weighted by atomic mass is 19.1. The molecule has 0 aliphatic carbocycles. The fourth-order valence-corrected chi connectivity index (χ4v) is 2.52. The Morgan fingerprint density at radius 2 is 2.05 bits per heavy atom. The van der Waals surface area contributed by atoms with Crippen LogP contribution in [-0.2, 0) is 6.42 Å². The monoisotopic (exact) mass is 281 g/mol. The van der Waals surface area contributed by atoms with Crippen molar-refractivity contribution in [1.29, 1.82) is 0 Å². The molecule has 5 heteroatoms. The summed E-state index contributed by atoms with van der Waals surface area (Å²) >= 11 is 0. The number of rotatable bonds is 2. The van der Waals surface area contributed by atoms with E-state index in [1.807, 2.05) is 12.1 Å². The minimum atomic E-state index is -0.361. The van der Waals surface area contributed by atoms with E-state index in [-0.39, 0.29) is 11.6 Å². The van der Waals surface area contributed by atoms with E-state index in [1.165, 1.54) is 11.6 Å². The van der Waals surface area contributed by atoms with Gasteiger partial charge in [0, 0.05) is 17.8 Å². The Bertz CT molecular complexity index is 813. The van der Waals surface area contributed by atoms with Gasteiger partial charge in [0.2, 0.25) is 5.82 Å². The zero-order valence-electron chi connectivity index (χ0n) is 11.1. The molecule has 104 valence electrons. The summed E-state index contributed by atoms with van der Waals surface area (Å²) in [6, 6.07) is 12.4. The van der Waals surface area contributed by atoms with E-state index >= 15 is 0 Å². The van der Waals surface area contributed by atoms with Gasteiger partial charge in [0.1, 0.15) is 5.82 Å². The lowest BCUT2D eigenvalue weighted by Gasteiger charge is -2.00. The molecule has 3 aromatic rings. The second-order valence-corrected chi connectivity index (χ2v) is 4.95. The minimum absolute atomic E-state index is 0.261. The van der Waals surface area contributed by atoms with Crippen molar-refractivity contribution in [2.45, 2.75) is 6.42 Å². The Morgan fingerprint density at radius 3 is 2.95 bits per heavy atom. The van der Waals surface area contributed by atoms with Gasteiger partial charge in [0.15, 0.2) is 0 Å². The Morgan fingerprint density at radius 1 is 1.14 bits per heavy atom. The lowest BCUT2D eigenvalue weighted by molar-refractivity contribution is 0.432. The summed E-state index contributed by atoms with van der Waals surface area (Å²) in [5.74, 6) is 0.293. The van der Waals surface area contributed by atoms with Crippen molar-refractivity contribution in [3.63, 3.8) is 0 Å². The normalized spacial score (nSPS) is 13.0. The first kappa shape index (κ1) is 12.1. The summed E-state index contributed by atoms with van der Waals surface area (Å²) in [5.41, 5.74) is 3.55. The first-order valence-corrected chi connectivity index (χ1v) is 6.77. The highest BCUT2D eigenvalue weighted by Gasteiger charge is 2.16. The smallest absolute Gasteiger partial charge is 0.258 e. The standard InChI is InChI=1S/C16H12FN3O/c17-13-4-2-1-3-12(13)15-19-16(21-20-15)11-6-5-10-7-8-18-14(10)9-11/h1-6,9,18H,7-8H2. The summed E-state index contributed by atoms with van der Waals surface area (Å²) in [6.45, 7) is 0.948. The summed E-state index contributed by atoms with van der Waals surface area (Å²) < 4.78 is 19.0. The van der Waals surface area contributed by atoms with Crippen LogP contribution in [-0.4, -0.2) is 16.7 Å². The van der Waals surface area contributed by atoms with Crippen LogP contribution in [0.5, 0.6) is 0 Å². The summed E-state index contributed by atoms with van der Waals surface area (Å²) in [5, 5.41) is 7.18. The van der Waals surface area contributed by atoms with Crippen LogP contribution < -0.4 is 5.32 Å². The predicted molar refractivity (Wildman–Crippen MR) is 77.3 cm³/mol. The van der Waals surface area contributed by atoms with E-state index in [1.54, 1.807) is 18.2 Å². The maximum absolute atomic E-state index is 13.7. The van der Waals surface area contributed by atoms with Crippen LogP contribution in [0.1, 0.15) is 5.56 Å². The lowest BCUT2D eigenvalue weighted by Crippen LogP contribution is -1.91. The van der Waals surface area contributed by atoms with Crippen LogP contribution in [0, 0.1) is 5.82 Å². The van der Waals surface area contributed by atoms with E-state index in [4.69, 9.17) is 4.52 Å². The second kappa shape index (κ2) is 4.70. The molecule has 0 spiro atoms. The first-order valence-electron chi connectivity index (χ1n) is 6.77. The highest BCUT2D eigenvalue weighted by molar-refractivity contribution is 5.67. The van der Waals surface area contributed by atoms with Crippen molar-refractivity contribution < 1.29 is 8.91 Å². The molecule has 0 atom stereocenters. The predicted octanol–water partition coefficient (Wildman–Crippen LogP) is 3.51. The molecule has 4 rings (SSSR count). The van der Waals surface area contributed by atoms with Crippen LogP contribution in [0.25, 0.3) is 22.8 Å². The molecule has 0 bridgehead atoms. The number of hydrogen-bond donors (Lipinski definition) is 1. The van der Waals surface area contributed by atoms with Gasteiger partial charge >= 0.3 is 0 Å². The highest BCUT2D eigenvalue weighted by Crippen LogP contribution is 2.29. The molecule has 1 aliphatic heterocycles. The number of aromatic nitrogens is 2. The van der Waals surface area contributed by atoms with Crippen LogP contribution in [0.3, 0.4) is 0 Å². The van der Waals surface area contributed by atoms with Crippen molar-refractivity contribution >= 4 is 5.69 Å². The van der Waals surface area contributed by atoms with Gasteiger partial charge in [0.05, 0.1) is 5.56 Å². The van der Waals surface area contributed by atoms with E-state index in [0.29, 0.717) is 11.5 Å². The maximum Gasteiger partial charge on any atom is 0.258 e. The molecule has 0 saturated carbocycles. The summed E-state index contributed by atoms with van der Waals surface area (Å²) in [4.78, 5) is 4.29. The molecule has 0 saturated heterocycles. The molecule has 2 heterocycles. The fourth-order valence-electron chi connectivity index (χ4n) is 2.52. The third-order valence-corrected chi connectivity index (χ3v) is 3.61. The maximum atomic E-state index is 13.7. The zero-order chi connectivity index (χ0) is 14.2. The molecule has 0 unspecified atom stereocenters. The summed E-state index contributed by atoms with van der Waals surface area (Å²) in [6.07, 6.45) is 1.03. The van der Waals surface area contributed by atoms with Crippen LogP contribution in [0.2, 0.25) is 0 Å². The topological polar surface area (TPSA) is 51.0 Å². The summed E-state index contributed by atoms with van der Waals surface area (Å²) in [7, 11) is 0. The molecular weight excluding hydrogens is 269 g/mol. The lowest BCUT2D eigenvalue weighted by atomic mass is 10.1. The fraction of sp³-hybridized carbons (Fsp3) is 0.125. The van der Waals surface area contributed by atoms with Crippen molar-refractivity contribution in [2.24, 2.45) is 0 Å². The van der Waals surface area contributed by atoms with Crippen LogP contribution >= 0.6 is 0 Å². The van der Waals surface area contributed by atoms with Gasteiger partial charge in [-0.15, -0.1) is 0 Å². The molecule has 0 amide bonds. The van der Waals surface area contributed by atoms with Crippen molar-refractivity contribution in [1.82, 2.24) is 10.1 Å². The number of nitrogens with zero attached hydrogens (tertiary/aromatic N) is 2. The molecule has 1 aromatic heterocycles. The molecule has 1 aliphatic rings. The number of nitrogens with one attached hydrogen (secondary N) is 1. The van der Waals surface area contributed by atoms with E-state index < -0.39 is 0 Å². The van der Waals surface area contributed by atoms with Crippen molar-refractivity contribution in [3.8, 4) is 22.8 Å². The first-order chi connectivity index (χ1) is 10.3. The molecule has 2 aromatic carbocycles. The molecule has 1 N–H and O–H groups in total. The number of anilines is 1. The zero-order valence-corrected chi connectivity index (χ0v) is 11.1. The SMILES string of the molecule is Fc1ccccc1-c1noc(-c2ccc3c(c2)NCC3)n1. The number of benzene rings is 2.